The quantitative estimate of drug-likeness (QED) is 0.356. The molecule has 0 saturated carbocycles. The van der Waals surface area contributed by atoms with Gasteiger partial charge in [0.05, 0.1) is 46.2 Å². The first-order chi connectivity index (χ1) is 18.1. The zero-order valence-electron chi connectivity index (χ0n) is 22.1. The van der Waals surface area contributed by atoms with E-state index in [0.717, 1.165) is 36.3 Å². The van der Waals surface area contributed by atoms with Crippen LogP contribution in [0.3, 0.4) is 0 Å². The molecule has 202 valence electrons. The smallest absolute Gasteiger partial charge is 0.324 e. The number of carbonyl (C=O) groups is 2. The van der Waals surface area contributed by atoms with Crippen molar-refractivity contribution in [3.8, 4) is 5.69 Å². The summed E-state index contributed by atoms with van der Waals surface area (Å²) in [7, 11) is 1.66. The van der Waals surface area contributed by atoms with Crippen molar-refractivity contribution in [2.75, 3.05) is 30.9 Å². The van der Waals surface area contributed by atoms with Crippen molar-refractivity contribution in [1.29, 1.82) is 0 Å². The molecular weight excluding hydrogens is 525 g/mol. The number of nitrogens with zero attached hydrogens (tertiary/aromatic N) is 3. The first-order valence-electron chi connectivity index (χ1n) is 12.6. The summed E-state index contributed by atoms with van der Waals surface area (Å²) in [5.41, 5.74) is 2.54. The molecule has 4 rings (SSSR count). The summed E-state index contributed by atoms with van der Waals surface area (Å²) < 4.78 is 6.98. The molecular formula is C28H33Cl2N5O3. The number of benzene rings is 2. The zero-order chi connectivity index (χ0) is 27.4. The van der Waals surface area contributed by atoms with Gasteiger partial charge in [0.15, 0.2) is 0 Å². The molecule has 0 bridgehead atoms. The Labute approximate surface area is 233 Å². The number of hydrogen-bond acceptors (Lipinski definition) is 4. The third kappa shape index (κ3) is 6.49. The standard InChI is InChI=1S/C28H33Cl2N5O3/c1-28(2,3)23-16-24(32-27(37)31-22-12-6-11-21(29)26(22)30)35(33-23)19-9-5-8-18(14-19)15-25(36)34-13-7-10-20(34)17-38-4/h5-6,8-9,11-12,14,16,20H,7,10,13,15,17H2,1-4H3,(H2,31,32,37)/t20-/m0/s1. The number of carbonyl (C=O) groups excluding carboxylic acids is 2. The van der Waals surface area contributed by atoms with Gasteiger partial charge in [0.25, 0.3) is 0 Å². The van der Waals surface area contributed by atoms with Crippen LogP contribution in [0, 0.1) is 0 Å². The van der Waals surface area contributed by atoms with Crippen LogP contribution >= 0.6 is 23.2 Å². The average molecular weight is 559 g/mol. The summed E-state index contributed by atoms with van der Waals surface area (Å²) in [6.45, 7) is 7.46. The highest BCUT2D eigenvalue weighted by atomic mass is 35.5. The molecule has 3 amide bonds. The summed E-state index contributed by atoms with van der Waals surface area (Å²) >= 11 is 12.3. The van der Waals surface area contributed by atoms with Gasteiger partial charge >= 0.3 is 6.03 Å². The number of aromatic nitrogens is 2. The number of anilines is 2. The highest BCUT2D eigenvalue weighted by Gasteiger charge is 2.28. The highest BCUT2D eigenvalue weighted by Crippen LogP contribution is 2.30. The van der Waals surface area contributed by atoms with Crippen LogP contribution in [-0.2, 0) is 21.4 Å². The third-order valence-corrected chi connectivity index (χ3v) is 7.31. The molecule has 2 N–H and O–H groups in total. The number of ether oxygens (including phenoxy) is 1. The number of methoxy groups -OCH3 is 1. The Balaban J connectivity index is 1.58. The van der Waals surface area contributed by atoms with Gasteiger partial charge in [-0.15, -0.1) is 0 Å². The first kappa shape index (κ1) is 28.0. The summed E-state index contributed by atoms with van der Waals surface area (Å²) in [6.07, 6.45) is 2.22. The van der Waals surface area contributed by atoms with Crippen molar-refractivity contribution in [2.24, 2.45) is 0 Å². The maximum atomic E-state index is 13.1. The Morgan fingerprint density at radius 3 is 2.61 bits per heavy atom. The van der Waals surface area contributed by atoms with E-state index in [1.807, 2.05) is 35.2 Å². The summed E-state index contributed by atoms with van der Waals surface area (Å²) in [6, 6.07) is 14.2. The Hall–Kier alpha value is -3.07. The van der Waals surface area contributed by atoms with Crippen LogP contribution in [0.5, 0.6) is 0 Å². The minimum absolute atomic E-state index is 0.0775. The number of urea groups is 1. The lowest BCUT2D eigenvalue weighted by Crippen LogP contribution is -2.39. The van der Waals surface area contributed by atoms with Gasteiger partial charge in [-0.3, -0.25) is 10.1 Å². The molecule has 1 atom stereocenters. The van der Waals surface area contributed by atoms with Crippen molar-refractivity contribution in [1.82, 2.24) is 14.7 Å². The molecule has 1 aliphatic heterocycles. The first-order valence-corrected chi connectivity index (χ1v) is 13.3. The second-order valence-electron chi connectivity index (χ2n) is 10.4. The van der Waals surface area contributed by atoms with Gasteiger partial charge in [0.2, 0.25) is 5.91 Å². The van der Waals surface area contributed by atoms with Gasteiger partial charge in [0, 0.05) is 25.1 Å². The minimum atomic E-state index is -0.486. The van der Waals surface area contributed by atoms with E-state index in [0.29, 0.717) is 23.1 Å². The fourth-order valence-corrected chi connectivity index (χ4v) is 4.86. The molecule has 10 heteroatoms. The molecule has 1 saturated heterocycles. The molecule has 3 aromatic rings. The fraction of sp³-hybridized carbons (Fsp3) is 0.393. The molecule has 0 aliphatic carbocycles. The van der Waals surface area contributed by atoms with E-state index in [1.54, 1.807) is 30.0 Å². The van der Waals surface area contributed by atoms with Gasteiger partial charge in [-0.2, -0.15) is 5.10 Å². The molecule has 2 aromatic carbocycles. The topological polar surface area (TPSA) is 88.5 Å². The van der Waals surface area contributed by atoms with Gasteiger partial charge in [-0.05, 0) is 42.7 Å². The Morgan fingerprint density at radius 2 is 1.87 bits per heavy atom. The van der Waals surface area contributed by atoms with Gasteiger partial charge in [-0.1, -0.05) is 62.2 Å². The van der Waals surface area contributed by atoms with E-state index in [-0.39, 0.29) is 28.8 Å². The van der Waals surface area contributed by atoms with Crippen molar-refractivity contribution < 1.29 is 14.3 Å². The number of nitrogens with one attached hydrogen (secondary N) is 2. The zero-order valence-corrected chi connectivity index (χ0v) is 23.6. The summed E-state index contributed by atoms with van der Waals surface area (Å²) in [5, 5.41) is 11.0. The highest BCUT2D eigenvalue weighted by molar-refractivity contribution is 6.44. The fourth-order valence-electron chi connectivity index (χ4n) is 4.51. The lowest BCUT2D eigenvalue weighted by atomic mass is 9.92. The van der Waals surface area contributed by atoms with Crippen LogP contribution in [0.25, 0.3) is 5.69 Å². The van der Waals surface area contributed by atoms with E-state index in [9.17, 15) is 9.59 Å². The molecule has 38 heavy (non-hydrogen) atoms. The van der Waals surface area contributed by atoms with E-state index in [1.165, 1.54) is 0 Å². The van der Waals surface area contributed by atoms with E-state index >= 15 is 0 Å². The summed E-state index contributed by atoms with van der Waals surface area (Å²) in [5.74, 6) is 0.558. The number of halogens is 2. The Kier molecular flexibility index (Phi) is 8.65. The van der Waals surface area contributed by atoms with Crippen LogP contribution in [0.4, 0.5) is 16.3 Å². The van der Waals surface area contributed by atoms with Gasteiger partial charge in [0.1, 0.15) is 5.82 Å². The molecule has 0 radical (unpaired) electrons. The van der Waals surface area contributed by atoms with Crippen LogP contribution in [0.15, 0.2) is 48.5 Å². The normalized spacial score (nSPS) is 15.5. The lowest BCUT2D eigenvalue weighted by molar-refractivity contribution is -0.132. The Bertz CT molecular complexity index is 1320. The second kappa shape index (κ2) is 11.8. The third-order valence-electron chi connectivity index (χ3n) is 6.49. The van der Waals surface area contributed by atoms with E-state index in [4.69, 9.17) is 33.0 Å². The molecule has 0 unspecified atom stereocenters. The molecule has 1 fully saturated rings. The van der Waals surface area contributed by atoms with Crippen molar-refractivity contribution in [3.63, 3.8) is 0 Å². The number of likely N-dealkylation sites (tertiary alicyclic amines) is 1. The Morgan fingerprint density at radius 1 is 1.11 bits per heavy atom. The van der Waals surface area contributed by atoms with Crippen LogP contribution in [-0.4, -0.2) is 52.9 Å². The number of rotatable bonds is 7. The predicted molar refractivity (Wildman–Crippen MR) is 152 cm³/mol. The van der Waals surface area contributed by atoms with Gasteiger partial charge in [-0.25, -0.2) is 9.48 Å². The minimum Gasteiger partial charge on any atom is -0.383 e. The van der Waals surface area contributed by atoms with Crippen molar-refractivity contribution in [3.05, 3.63) is 69.8 Å². The molecule has 1 aromatic heterocycles. The SMILES string of the molecule is COC[C@@H]1CCCN1C(=O)Cc1cccc(-n2nc(C(C)(C)C)cc2NC(=O)Nc2cccc(Cl)c2Cl)c1. The largest absolute Gasteiger partial charge is 0.383 e. The molecule has 1 aliphatic rings. The van der Waals surface area contributed by atoms with Crippen LogP contribution in [0.1, 0.15) is 44.9 Å². The monoisotopic (exact) mass is 557 g/mol. The molecule has 2 heterocycles. The van der Waals surface area contributed by atoms with Gasteiger partial charge < -0.3 is 15.0 Å². The lowest BCUT2D eigenvalue weighted by Gasteiger charge is -2.24. The molecule has 8 nitrogen and oxygen atoms in total. The predicted octanol–water partition coefficient (Wildman–Crippen LogP) is 6.30. The molecule has 0 spiro atoms. The van der Waals surface area contributed by atoms with Crippen molar-refractivity contribution in [2.45, 2.75) is 51.5 Å². The van der Waals surface area contributed by atoms with Crippen LogP contribution in [0.2, 0.25) is 10.0 Å². The maximum Gasteiger partial charge on any atom is 0.324 e. The number of hydrogen-bond donors (Lipinski definition) is 2. The maximum absolute atomic E-state index is 13.1. The second-order valence-corrected chi connectivity index (χ2v) is 11.2. The summed E-state index contributed by atoms with van der Waals surface area (Å²) in [4.78, 5) is 27.9. The average Bonchev–Trinajstić information content (AvgIpc) is 3.50. The van der Waals surface area contributed by atoms with Crippen molar-refractivity contribution >= 4 is 46.6 Å². The van der Waals surface area contributed by atoms with E-state index in [2.05, 4.69) is 31.4 Å². The number of amides is 3. The van der Waals surface area contributed by atoms with Crippen LogP contribution < -0.4 is 10.6 Å². The van der Waals surface area contributed by atoms with E-state index < -0.39 is 6.03 Å².